The lowest BCUT2D eigenvalue weighted by molar-refractivity contribution is 0.170. The molecule has 0 saturated carbocycles. The van der Waals surface area contributed by atoms with Crippen molar-refractivity contribution in [3.63, 3.8) is 0 Å². The van der Waals surface area contributed by atoms with Crippen molar-refractivity contribution >= 4 is 22.0 Å². The van der Waals surface area contributed by atoms with Crippen LogP contribution in [0.2, 0.25) is 0 Å². The van der Waals surface area contributed by atoms with Crippen LogP contribution < -0.4 is 9.47 Å². The highest BCUT2D eigenvalue weighted by Gasteiger charge is 2.17. The number of aliphatic imine (C=N–C) groups is 1. The average Bonchev–Trinajstić information content (AvgIpc) is 2.28. The number of isocyanates is 1. The van der Waals surface area contributed by atoms with Crippen LogP contribution in [0, 0.1) is 0 Å². The molecule has 0 spiro atoms. The molecule has 0 bridgehead atoms. The molecule has 0 amide bonds. The molecule has 0 aliphatic carbocycles. The normalized spacial score (nSPS) is 13.1. The van der Waals surface area contributed by atoms with Gasteiger partial charge >= 0.3 is 0 Å². The molecule has 1 aromatic rings. The summed E-state index contributed by atoms with van der Waals surface area (Å²) in [7, 11) is 0. The van der Waals surface area contributed by atoms with Crippen LogP contribution in [-0.4, -0.2) is 19.3 Å². The molecule has 15 heavy (non-hydrogen) atoms. The summed E-state index contributed by atoms with van der Waals surface area (Å²) < 4.78 is 11.8. The minimum absolute atomic E-state index is 0.247. The van der Waals surface area contributed by atoms with E-state index in [0.717, 1.165) is 10.0 Å². The number of fused-ring (bicyclic) bond motifs is 1. The zero-order valence-corrected chi connectivity index (χ0v) is 9.41. The fourth-order valence-electron chi connectivity index (χ4n) is 1.41. The molecule has 0 unspecified atom stereocenters. The first kappa shape index (κ1) is 10.2. The summed E-state index contributed by atoms with van der Waals surface area (Å²) in [5, 5.41) is 0. The Morgan fingerprint density at radius 1 is 1.40 bits per heavy atom. The highest BCUT2D eigenvalue weighted by molar-refractivity contribution is 9.10. The third kappa shape index (κ3) is 2.03. The molecule has 0 N–H and O–H groups in total. The van der Waals surface area contributed by atoms with E-state index in [0.29, 0.717) is 24.7 Å². The number of benzene rings is 1. The van der Waals surface area contributed by atoms with E-state index in [9.17, 15) is 4.79 Å². The lowest BCUT2D eigenvalue weighted by Gasteiger charge is -2.21. The molecule has 0 atom stereocenters. The molecular formula is C10H8BrNO3. The van der Waals surface area contributed by atoms with Crippen molar-refractivity contribution in [1.29, 1.82) is 0 Å². The van der Waals surface area contributed by atoms with Crippen molar-refractivity contribution in [3.05, 3.63) is 22.2 Å². The fourth-order valence-corrected chi connectivity index (χ4v) is 1.85. The largest absolute Gasteiger partial charge is 0.486 e. The third-order valence-corrected chi connectivity index (χ3v) is 2.80. The van der Waals surface area contributed by atoms with E-state index in [-0.39, 0.29) is 6.54 Å². The molecular weight excluding hydrogens is 262 g/mol. The summed E-state index contributed by atoms with van der Waals surface area (Å²) in [4.78, 5) is 13.6. The van der Waals surface area contributed by atoms with Crippen LogP contribution in [0.3, 0.4) is 0 Å². The van der Waals surface area contributed by atoms with Gasteiger partial charge in [-0.15, -0.1) is 0 Å². The van der Waals surface area contributed by atoms with Crippen LogP contribution in [0.5, 0.6) is 11.5 Å². The first-order valence-corrected chi connectivity index (χ1v) is 5.23. The lowest BCUT2D eigenvalue weighted by Crippen LogP contribution is -2.16. The summed E-state index contributed by atoms with van der Waals surface area (Å²) in [6.45, 7) is 1.31. The van der Waals surface area contributed by atoms with Crippen molar-refractivity contribution in [2.24, 2.45) is 4.99 Å². The quantitative estimate of drug-likeness (QED) is 0.610. The highest BCUT2D eigenvalue weighted by Crippen LogP contribution is 2.38. The Labute approximate surface area is 95.0 Å². The number of nitrogens with zero attached hydrogens (tertiary/aromatic N) is 1. The Balaban J connectivity index is 2.44. The average molecular weight is 270 g/mol. The zero-order chi connectivity index (χ0) is 10.7. The van der Waals surface area contributed by atoms with Gasteiger partial charge < -0.3 is 9.47 Å². The van der Waals surface area contributed by atoms with E-state index >= 15 is 0 Å². The minimum Gasteiger partial charge on any atom is -0.486 e. The van der Waals surface area contributed by atoms with Gasteiger partial charge in [0.15, 0.2) is 11.5 Å². The van der Waals surface area contributed by atoms with E-state index in [1.165, 1.54) is 6.08 Å². The number of hydrogen-bond donors (Lipinski definition) is 0. The Kier molecular flexibility index (Phi) is 3.04. The predicted octanol–water partition coefficient (Wildman–Crippen LogP) is 2.06. The maximum Gasteiger partial charge on any atom is 0.235 e. The molecule has 4 nitrogen and oxygen atoms in total. The van der Waals surface area contributed by atoms with Crippen molar-refractivity contribution in [2.45, 2.75) is 6.54 Å². The molecule has 1 aromatic carbocycles. The van der Waals surface area contributed by atoms with Gasteiger partial charge in [0.05, 0.1) is 6.54 Å². The Bertz CT molecular complexity index is 427. The zero-order valence-electron chi connectivity index (χ0n) is 7.83. The van der Waals surface area contributed by atoms with E-state index in [2.05, 4.69) is 20.9 Å². The Hall–Kier alpha value is -1.32. The molecule has 0 aromatic heterocycles. The summed E-state index contributed by atoms with van der Waals surface area (Å²) in [6, 6.07) is 3.68. The van der Waals surface area contributed by atoms with E-state index in [1.54, 1.807) is 0 Å². The first-order valence-electron chi connectivity index (χ1n) is 4.43. The third-order valence-electron chi connectivity index (χ3n) is 2.06. The molecule has 1 aliphatic heterocycles. The van der Waals surface area contributed by atoms with Gasteiger partial charge in [-0.1, -0.05) is 15.9 Å². The summed E-state index contributed by atoms with van der Waals surface area (Å²) >= 11 is 3.38. The first-order chi connectivity index (χ1) is 7.33. The molecule has 1 aliphatic rings. The lowest BCUT2D eigenvalue weighted by atomic mass is 10.2. The minimum atomic E-state index is 0.247. The van der Waals surface area contributed by atoms with E-state index in [4.69, 9.17) is 9.47 Å². The molecule has 0 fully saturated rings. The number of hydrogen-bond acceptors (Lipinski definition) is 4. The number of rotatable bonds is 2. The maximum atomic E-state index is 10.1. The SMILES string of the molecule is O=C=NCc1c(Br)ccc2c1OCCO2. The second kappa shape index (κ2) is 4.47. The van der Waals surface area contributed by atoms with E-state index in [1.807, 2.05) is 12.1 Å². The summed E-state index contributed by atoms with van der Waals surface area (Å²) in [5.74, 6) is 1.36. The summed E-state index contributed by atoms with van der Waals surface area (Å²) in [6.07, 6.45) is 1.51. The number of carbonyl (C=O) groups excluding carboxylic acids is 1. The van der Waals surface area contributed by atoms with Gasteiger partial charge in [0.25, 0.3) is 0 Å². The Morgan fingerprint density at radius 2 is 2.20 bits per heavy atom. The number of halogens is 1. The van der Waals surface area contributed by atoms with Crippen LogP contribution in [0.15, 0.2) is 21.6 Å². The van der Waals surface area contributed by atoms with Gasteiger partial charge in [-0.2, -0.15) is 0 Å². The smallest absolute Gasteiger partial charge is 0.235 e. The molecule has 5 heteroatoms. The van der Waals surface area contributed by atoms with Gasteiger partial charge in [0.2, 0.25) is 6.08 Å². The van der Waals surface area contributed by atoms with Crippen LogP contribution in [0.4, 0.5) is 0 Å². The standard InChI is InChI=1S/C10H8BrNO3/c11-8-1-2-9-10(15-4-3-14-9)7(8)5-12-6-13/h1-2H,3-5H2. The van der Waals surface area contributed by atoms with Gasteiger partial charge in [-0.25, -0.2) is 9.79 Å². The molecule has 1 heterocycles. The maximum absolute atomic E-state index is 10.1. The molecule has 0 saturated heterocycles. The summed E-state index contributed by atoms with van der Waals surface area (Å²) in [5.41, 5.74) is 0.815. The second-order valence-electron chi connectivity index (χ2n) is 2.96. The topological polar surface area (TPSA) is 47.9 Å². The van der Waals surface area contributed by atoms with Crippen LogP contribution >= 0.6 is 15.9 Å². The van der Waals surface area contributed by atoms with Crippen molar-refractivity contribution in [3.8, 4) is 11.5 Å². The van der Waals surface area contributed by atoms with Crippen molar-refractivity contribution < 1.29 is 14.3 Å². The molecule has 2 rings (SSSR count). The number of ether oxygens (including phenoxy) is 2. The van der Waals surface area contributed by atoms with Crippen molar-refractivity contribution in [2.75, 3.05) is 13.2 Å². The predicted molar refractivity (Wildman–Crippen MR) is 57.0 cm³/mol. The fraction of sp³-hybridized carbons (Fsp3) is 0.300. The van der Waals surface area contributed by atoms with E-state index < -0.39 is 0 Å². The van der Waals surface area contributed by atoms with Crippen LogP contribution in [-0.2, 0) is 11.3 Å². The highest BCUT2D eigenvalue weighted by atomic mass is 79.9. The molecule has 0 radical (unpaired) electrons. The Morgan fingerprint density at radius 3 is 3.00 bits per heavy atom. The van der Waals surface area contributed by atoms with Crippen LogP contribution in [0.25, 0.3) is 0 Å². The van der Waals surface area contributed by atoms with Crippen LogP contribution in [0.1, 0.15) is 5.56 Å². The second-order valence-corrected chi connectivity index (χ2v) is 3.81. The van der Waals surface area contributed by atoms with Gasteiger partial charge in [-0.05, 0) is 12.1 Å². The molecule has 78 valence electrons. The van der Waals surface area contributed by atoms with Gasteiger partial charge in [0.1, 0.15) is 13.2 Å². The van der Waals surface area contributed by atoms with Gasteiger partial charge in [0, 0.05) is 10.0 Å². The van der Waals surface area contributed by atoms with Gasteiger partial charge in [-0.3, -0.25) is 0 Å². The van der Waals surface area contributed by atoms with Crippen molar-refractivity contribution in [1.82, 2.24) is 0 Å². The monoisotopic (exact) mass is 269 g/mol.